The number of hydrogen-bond donors (Lipinski definition) is 3. The number of β-lactam (4-membered cyclic amide) rings is 1. The van der Waals surface area contributed by atoms with Gasteiger partial charge >= 0.3 is 11.9 Å². The number of aromatic nitrogens is 1. The number of rotatable bonds is 8. The van der Waals surface area contributed by atoms with Gasteiger partial charge in [0.15, 0.2) is 10.8 Å². The molecule has 5 rings (SSSR count). The number of anilines is 1. The van der Waals surface area contributed by atoms with E-state index in [1.165, 1.54) is 23.8 Å². The Morgan fingerprint density at radius 1 is 1.26 bits per heavy atom. The maximum atomic E-state index is 13.2. The second-order valence-corrected chi connectivity index (χ2v) is 11.7. The molecule has 1 aliphatic carbocycles. The van der Waals surface area contributed by atoms with E-state index < -0.39 is 35.2 Å². The quantitative estimate of drug-likeness (QED) is 0.183. The number of thiazole rings is 1. The van der Waals surface area contributed by atoms with Gasteiger partial charge in [-0.05, 0) is 37.8 Å². The number of fused-ring (bicyclic) bond motifs is 1. The van der Waals surface area contributed by atoms with Crippen molar-refractivity contribution in [3.8, 4) is 0 Å². The predicted molar refractivity (Wildman–Crippen MR) is 142 cm³/mol. The van der Waals surface area contributed by atoms with Crippen LogP contribution in [-0.4, -0.2) is 74.8 Å². The van der Waals surface area contributed by atoms with Crippen LogP contribution in [0.25, 0.3) is 5.57 Å². The van der Waals surface area contributed by atoms with Crippen molar-refractivity contribution in [3.05, 3.63) is 38.7 Å². The highest BCUT2D eigenvalue weighted by molar-refractivity contribution is 8.00. The van der Waals surface area contributed by atoms with E-state index in [0.29, 0.717) is 15.3 Å². The third-order valence-corrected chi connectivity index (χ3v) is 9.40. The number of oxime groups is 1. The summed E-state index contributed by atoms with van der Waals surface area (Å²) in [4.78, 5) is 62.2. The zero-order chi connectivity index (χ0) is 27.0. The monoisotopic (exact) mass is 577 g/mol. The lowest BCUT2D eigenvalue weighted by Gasteiger charge is -2.49. The molecule has 0 unspecified atom stereocenters. The van der Waals surface area contributed by atoms with Crippen molar-refractivity contribution in [1.82, 2.24) is 15.2 Å². The summed E-state index contributed by atoms with van der Waals surface area (Å²) in [5.41, 5.74) is 6.12. The van der Waals surface area contributed by atoms with Crippen molar-refractivity contribution in [2.75, 3.05) is 18.6 Å². The standard InChI is InChI=1S/C23H23N5O7S3/c1-34-22(33)14-7-6-13(38-14)11-8-36-20-16(19(30)28(20)17(11)21(31)32)26-18(29)15(12-9-37-23(24)25-12)27-35-10-4-2-3-5-10/h6-7,9-10,16,20H,2-5,8H2,1H3,(H2,24,25)(H,26,29)(H,31,32)/b27-15-/t16-,20-/m1/s1. The number of thiophene rings is 1. The van der Waals surface area contributed by atoms with Crippen molar-refractivity contribution in [2.24, 2.45) is 5.16 Å². The number of carbonyl (C=O) groups excluding carboxylic acids is 3. The number of nitrogens with two attached hydrogens (primary N) is 1. The zero-order valence-electron chi connectivity index (χ0n) is 20.0. The molecule has 0 radical (unpaired) electrons. The minimum absolute atomic E-state index is 0.0952. The lowest BCUT2D eigenvalue weighted by atomic mass is 10.0. The summed E-state index contributed by atoms with van der Waals surface area (Å²) >= 11 is 3.55. The maximum Gasteiger partial charge on any atom is 0.353 e. The molecule has 2 atom stereocenters. The number of esters is 1. The number of carbonyl (C=O) groups is 4. The summed E-state index contributed by atoms with van der Waals surface area (Å²) < 4.78 is 4.73. The normalized spacial score (nSPS) is 21.7. The Morgan fingerprint density at radius 3 is 2.68 bits per heavy atom. The number of nitrogens with zero attached hydrogens (tertiary/aromatic N) is 3. The third-order valence-electron chi connectivity index (χ3n) is 6.32. The Labute approximate surface area is 228 Å². The van der Waals surface area contributed by atoms with E-state index in [2.05, 4.69) is 15.5 Å². The highest BCUT2D eigenvalue weighted by atomic mass is 32.2. The number of nitrogen functional groups attached to an aromatic ring is 1. The van der Waals surface area contributed by atoms with Crippen LogP contribution in [0.3, 0.4) is 0 Å². The molecule has 4 heterocycles. The Kier molecular flexibility index (Phi) is 7.40. The van der Waals surface area contributed by atoms with E-state index in [1.54, 1.807) is 17.5 Å². The van der Waals surface area contributed by atoms with Gasteiger partial charge in [0, 0.05) is 21.6 Å². The van der Waals surface area contributed by atoms with Crippen molar-refractivity contribution in [2.45, 2.75) is 43.2 Å². The van der Waals surface area contributed by atoms with Crippen molar-refractivity contribution in [1.29, 1.82) is 0 Å². The summed E-state index contributed by atoms with van der Waals surface area (Å²) in [5, 5.41) is 17.9. The fourth-order valence-electron chi connectivity index (χ4n) is 4.45. The summed E-state index contributed by atoms with van der Waals surface area (Å²) in [6.45, 7) is 0. The van der Waals surface area contributed by atoms with Crippen LogP contribution >= 0.6 is 34.4 Å². The number of methoxy groups -OCH3 is 1. The lowest BCUT2D eigenvalue weighted by molar-refractivity contribution is -0.149. The second kappa shape index (κ2) is 10.7. The predicted octanol–water partition coefficient (Wildman–Crippen LogP) is 2.13. The topological polar surface area (TPSA) is 174 Å². The zero-order valence-corrected chi connectivity index (χ0v) is 22.5. The highest BCUT2D eigenvalue weighted by Crippen LogP contribution is 2.44. The number of carboxylic acids is 1. The van der Waals surface area contributed by atoms with E-state index in [9.17, 15) is 24.3 Å². The molecule has 4 N–H and O–H groups in total. The minimum atomic E-state index is -1.28. The number of aliphatic carboxylic acids is 1. The number of carboxylic acid groups (broad SMARTS) is 1. The van der Waals surface area contributed by atoms with Gasteiger partial charge in [-0.2, -0.15) is 0 Å². The molecular weight excluding hydrogens is 554 g/mol. The summed E-state index contributed by atoms with van der Waals surface area (Å²) in [6, 6.07) is 2.21. The fraction of sp³-hybridized carbons (Fsp3) is 0.391. The van der Waals surface area contributed by atoms with Gasteiger partial charge in [0.05, 0.1) is 7.11 Å². The average Bonchev–Trinajstić information content (AvgIpc) is 3.68. The molecule has 1 saturated heterocycles. The highest BCUT2D eigenvalue weighted by Gasteiger charge is 2.54. The third kappa shape index (κ3) is 4.88. The summed E-state index contributed by atoms with van der Waals surface area (Å²) in [6.07, 6.45) is 3.62. The van der Waals surface area contributed by atoms with E-state index in [4.69, 9.17) is 15.3 Å². The molecule has 200 valence electrons. The van der Waals surface area contributed by atoms with Crippen LogP contribution in [-0.2, 0) is 24.0 Å². The Morgan fingerprint density at radius 2 is 2.03 bits per heavy atom. The first kappa shape index (κ1) is 26.2. The molecular formula is C23H23N5O7S3. The first-order valence-electron chi connectivity index (χ1n) is 11.6. The number of nitrogens with one attached hydrogen (secondary N) is 1. The second-order valence-electron chi connectivity index (χ2n) is 8.67. The van der Waals surface area contributed by atoms with Crippen LogP contribution in [0.2, 0.25) is 0 Å². The van der Waals surface area contributed by atoms with Gasteiger partial charge in [-0.15, -0.1) is 34.4 Å². The first-order chi connectivity index (χ1) is 18.3. The number of ether oxygens (including phenoxy) is 1. The molecule has 38 heavy (non-hydrogen) atoms. The molecule has 0 aromatic carbocycles. The average molecular weight is 578 g/mol. The molecule has 0 spiro atoms. The molecule has 1 saturated carbocycles. The number of thioether (sulfide) groups is 1. The van der Waals surface area contributed by atoms with E-state index in [1.807, 2.05) is 0 Å². The molecule has 0 bridgehead atoms. The Bertz CT molecular complexity index is 1360. The molecule has 2 aliphatic heterocycles. The van der Waals surface area contributed by atoms with E-state index >= 15 is 0 Å². The molecule has 15 heteroatoms. The smallest absolute Gasteiger partial charge is 0.353 e. The molecule has 12 nitrogen and oxygen atoms in total. The van der Waals surface area contributed by atoms with Crippen LogP contribution in [0.15, 0.2) is 28.4 Å². The van der Waals surface area contributed by atoms with Gasteiger partial charge in [0.1, 0.15) is 33.8 Å². The van der Waals surface area contributed by atoms with E-state index in [0.717, 1.165) is 48.4 Å². The van der Waals surface area contributed by atoms with Gasteiger partial charge in [-0.1, -0.05) is 5.16 Å². The fourth-order valence-corrected chi connectivity index (χ4v) is 7.42. The maximum absolute atomic E-state index is 13.2. The van der Waals surface area contributed by atoms with Crippen molar-refractivity contribution in [3.63, 3.8) is 0 Å². The van der Waals surface area contributed by atoms with E-state index in [-0.39, 0.29) is 34.1 Å². The van der Waals surface area contributed by atoms with Gasteiger partial charge in [0.2, 0.25) is 0 Å². The van der Waals surface area contributed by atoms with Gasteiger partial charge in [-0.3, -0.25) is 14.5 Å². The first-order valence-corrected chi connectivity index (χ1v) is 14.4. The molecule has 2 fully saturated rings. The van der Waals surface area contributed by atoms with Gasteiger partial charge in [0.25, 0.3) is 11.8 Å². The number of hydrogen-bond acceptors (Lipinski definition) is 12. The van der Waals surface area contributed by atoms with Crippen LogP contribution < -0.4 is 11.1 Å². The molecule has 2 aromatic rings. The Hall–Kier alpha value is -3.43. The molecule has 3 aliphatic rings. The molecule has 2 aromatic heterocycles. The van der Waals surface area contributed by atoms with Crippen LogP contribution in [0.5, 0.6) is 0 Å². The van der Waals surface area contributed by atoms with Crippen LogP contribution in [0.1, 0.15) is 45.9 Å². The number of amides is 2. The lowest BCUT2D eigenvalue weighted by Crippen LogP contribution is -2.71. The minimum Gasteiger partial charge on any atom is -0.477 e. The van der Waals surface area contributed by atoms with Gasteiger partial charge in [-0.25, -0.2) is 14.6 Å². The summed E-state index contributed by atoms with van der Waals surface area (Å²) in [5.74, 6) is -2.78. The summed E-state index contributed by atoms with van der Waals surface area (Å²) in [7, 11) is 1.26. The van der Waals surface area contributed by atoms with Crippen LogP contribution in [0, 0.1) is 0 Å². The molecule has 2 amide bonds. The van der Waals surface area contributed by atoms with Crippen molar-refractivity contribution < 1.29 is 33.9 Å². The largest absolute Gasteiger partial charge is 0.477 e. The Balaban J connectivity index is 1.36. The van der Waals surface area contributed by atoms with Crippen molar-refractivity contribution >= 4 is 74.6 Å². The SMILES string of the molecule is COC(=O)c1ccc(C2=C(C(=O)O)N3C(=O)[C@@H](NC(=O)/C(=N\OC4CCCC4)c4csc(N)n4)[C@H]3SC2)s1. The van der Waals surface area contributed by atoms with Gasteiger partial charge < -0.3 is 25.7 Å². The van der Waals surface area contributed by atoms with Crippen LogP contribution in [0.4, 0.5) is 5.13 Å².